The van der Waals surface area contributed by atoms with Crippen LogP contribution in [0.5, 0.6) is 0 Å². The van der Waals surface area contributed by atoms with Crippen LogP contribution in [0.25, 0.3) is 0 Å². The zero-order chi connectivity index (χ0) is 15.9. The summed E-state index contributed by atoms with van der Waals surface area (Å²) in [4.78, 5) is 22.3. The summed E-state index contributed by atoms with van der Waals surface area (Å²) in [6.45, 7) is 4.29. The van der Waals surface area contributed by atoms with E-state index in [-0.39, 0.29) is 12.1 Å². The van der Waals surface area contributed by atoms with Crippen molar-refractivity contribution in [3.63, 3.8) is 0 Å². The molecule has 2 aromatic heterocycles. The van der Waals surface area contributed by atoms with Gasteiger partial charge >= 0.3 is 6.03 Å². The van der Waals surface area contributed by atoms with Crippen LogP contribution in [-0.4, -0.2) is 39.6 Å². The first-order chi connectivity index (χ1) is 10.6. The number of carbonyl (C=O) groups excluding carboxylic acids is 1. The van der Waals surface area contributed by atoms with Crippen molar-refractivity contribution in [2.45, 2.75) is 32.7 Å². The molecule has 0 radical (unpaired) electrons. The Bertz CT molecular complexity index is 599. The summed E-state index contributed by atoms with van der Waals surface area (Å²) in [5.41, 5.74) is 0.960. The molecule has 2 aromatic rings. The van der Waals surface area contributed by atoms with Crippen molar-refractivity contribution < 1.29 is 9.32 Å². The van der Waals surface area contributed by atoms with Crippen LogP contribution in [0, 0.1) is 6.92 Å². The van der Waals surface area contributed by atoms with Gasteiger partial charge in [0, 0.05) is 31.9 Å². The van der Waals surface area contributed by atoms with Crippen molar-refractivity contribution in [3.8, 4) is 0 Å². The van der Waals surface area contributed by atoms with Crippen LogP contribution < -0.4 is 5.32 Å². The van der Waals surface area contributed by atoms with E-state index in [1.165, 1.54) is 0 Å². The molecule has 1 atom stereocenters. The summed E-state index contributed by atoms with van der Waals surface area (Å²) in [6, 6.07) is 5.32. The summed E-state index contributed by atoms with van der Waals surface area (Å²) in [7, 11) is 1.75. The van der Waals surface area contributed by atoms with Crippen molar-refractivity contribution >= 4 is 6.03 Å². The Morgan fingerprint density at radius 1 is 1.45 bits per heavy atom. The molecule has 0 spiro atoms. The Labute approximate surface area is 129 Å². The van der Waals surface area contributed by atoms with E-state index in [0.29, 0.717) is 31.1 Å². The summed E-state index contributed by atoms with van der Waals surface area (Å²) in [5.74, 6) is 0.998. The molecule has 1 N–H and O–H groups in total. The van der Waals surface area contributed by atoms with Gasteiger partial charge in [0.05, 0.1) is 0 Å². The summed E-state index contributed by atoms with van der Waals surface area (Å²) < 4.78 is 5.12. The van der Waals surface area contributed by atoms with E-state index in [2.05, 4.69) is 20.4 Å². The predicted octanol–water partition coefficient (Wildman–Crippen LogP) is 2.11. The normalized spacial score (nSPS) is 12.0. The highest BCUT2D eigenvalue weighted by atomic mass is 16.5. The van der Waals surface area contributed by atoms with E-state index in [0.717, 1.165) is 5.69 Å². The van der Waals surface area contributed by atoms with Crippen molar-refractivity contribution in [1.29, 1.82) is 0 Å². The molecule has 118 valence electrons. The fourth-order valence-electron chi connectivity index (χ4n) is 1.98. The minimum atomic E-state index is -0.272. The average Bonchev–Trinajstić information content (AvgIpc) is 2.97. The molecule has 0 fully saturated rings. The third-order valence-corrected chi connectivity index (χ3v) is 3.32. The van der Waals surface area contributed by atoms with Crippen LogP contribution in [0.4, 0.5) is 4.79 Å². The Balaban J connectivity index is 1.87. The van der Waals surface area contributed by atoms with Crippen LogP contribution in [-0.2, 0) is 6.42 Å². The van der Waals surface area contributed by atoms with Gasteiger partial charge in [-0.25, -0.2) is 4.79 Å². The van der Waals surface area contributed by atoms with Gasteiger partial charge in [-0.15, -0.1) is 0 Å². The third kappa shape index (κ3) is 4.28. The van der Waals surface area contributed by atoms with Crippen LogP contribution in [0.15, 0.2) is 28.9 Å². The summed E-state index contributed by atoms with van der Waals surface area (Å²) in [6.07, 6.45) is 3.14. The maximum atomic E-state index is 12.2. The molecule has 7 nitrogen and oxygen atoms in total. The van der Waals surface area contributed by atoms with Gasteiger partial charge in [0.25, 0.3) is 0 Å². The van der Waals surface area contributed by atoms with Crippen LogP contribution in [0.1, 0.15) is 36.8 Å². The molecular formula is C15H21N5O2. The van der Waals surface area contributed by atoms with Gasteiger partial charge in [0.2, 0.25) is 5.89 Å². The second kappa shape index (κ2) is 7.53. The number of hydrogen-bond donors (Lipinski definition) is 1. The lowest BCUT2D eigenvalue weighted by Crippen LogP contribution is -2.40. The number of rotatable bonds is 6. The number of pyridine rings is 1. The van der Waals surface area contributed by atoms with E-state index in [4.69, 9.17) is 4.52 Å². The number of hydrogen-bond acceptors (Lipinski definition) is 5. The first-order valence-corrected chi connectivity index (χ1v) is 7.32. The molecule has 0 aliphatic carbocycles. The maximum Gasteiger partial charge on any atom is 0.317 e. The van der Waals surface area contributed by atoms with E-state index in [1.807, 2.05) is 25.1 Å². The Kier molecular flexibility index (Phi) is 5.46. The fraction of sp³-hybridized carbons (Fsp3) is 0.467. The Morgan fingerprint density at radius 3 is 2.86 bits per heavy atom. The largest absolute Gasteiger partial charge is 0.337 e. The summed E-state index contributed by atoms with van der Waals surface area (Å²) in [5, 5.41) is 6.66. The fourth-order valence-corrected chi connectivity index (χ4v) is 1.98. The molecule has 0 aromatic carbocycles. The van der Waals surface area contributed by atoms with Crippen LogP contribution in [0.2, 0.25) is 0 Å². The van der Waals surface area contributed by atoms with Gasteiger partial charge in [-0.2, -0.15) is 4.98 Å². The number of urea groups is 1. The summed E-state index contributed by atoms with van der Waals surface area (Å²) >= 11 is 0. The van der Waals surface area contributed by atoms with Gasteiger partial charge in [0.15, 0.2) is 5.82 Å². The molecule has 0 aliphatic rings. The zero-order valence-corrected chi connectivity index (χ0v) is 13.1. The Morgan fingerprint density at radius 2 is 2.27 bits per heavy atom. The first-order valence-electron chi connectivity index (χ1n) is 7.32. The maximum absolute atomic E-state index is 12.2. The van der Waals surface area contributed by atoms with Crippen molar-refractivity contribution in [3.05, 3.63) is 41.8 Å². The molecule has 0 bridgehead atoms. The van der Waals surface area contributed by atoms with Gasteiger partial charge in [-0.3, -0.25) is 4.98 Å². The van der Waals surface area contributed by atoms with Gasteiger partial charge in [-0.05, 0) is 25.5 Å². The molecule has 7 heteroatoms. The highest BCUT2D eigenvalue weighted by Crippen LogP contribution is 2.14. The predicted molar refractivity (Wildman–Crippen MR) is 81.2 cm³/mol. The highest BCUT2D eigenvalue weighted by Gasteiger charge is 2.20. The lowest BCUT2D eigenvalue weighted by molar-refractivity contribution is 0.200. The molecule has 0 saturated heterocycles. The number of nitrogens with one attached hydrogen (secondary N) is 1. The molecule has 0 aliphatic heterocycles. The van der Waals surface area contributed by atoms with Crippen LogP contribution >= 0.6 is 0 Å². The van der Waals surface area contributed by atoms with E-state index < -0.39 is 0 Å². The van der Waals surface area contributed by atoms with E-state index in [9.17, 15) is 4.79 Å². The average molecular weight is 303 g/mol. The number of likely N-dealkylation sites (N-methyl/N-ethyl adjacent to an activating group) is 1. The topological polar surface area (TPSA) is 84.2 Å². The number of aryl methyl sites for hydroxylation is 1. The van der Waals surface area contributed by atoms with E-state index in [1.54, 1.807) is 25.1 Å². The Hall–Kier alpha value is -2.44. The lowest BCUT2D eigenvalue weighted by Gasteiger charge is -2.20. The van der Waals surface area contributed by atoms with Crippen LogP contribution in [0.3, 0.4) is 0 Å². The van der Waals surface area contributed by atoms with Gasteiger partial charge < -0.3 is 14.7 Å². The lowest BCUT2D eigenvalue weighted by atomic mass is 10.2. The molecule has 1 unspecified atom stereocenters. The van der Waals surface area contributed by atoms with Gasteiger partial charge in [-0.1, -0.05) is 18.1 Å². The van der Waals surface area contributed by atoms with Crippen molar-refractivity contribution in [2.75, 3.05) is 13.6 Å². The number of amides is 2. The molecule has 22 heavy (non-hydrogen) atoms. The smallest absolute Gasteiger partial charge is 0.317 e. The quantitative estimate of drug-likeness (QED) is 0.883. The third-order valence-electron chi connectivity index (χ3n) is 3.32. The monoisotopic (exact) mass is 303 g/mol. The second-order valence-corrected chi connectivity index (χ2v) is 5.08. The molecular weight excluding hydrogens is 282 g/mol. The van der Waals surface area contributed by atoms with E-state index >= 15 is 0 Å². The SMILES string of the molecule is CCC(NC(=O)N(C)CCc1ccccn1)c1nc(C)no1. The van der Waals surface area contributed by atoms with Gasteiger partial charge in [0.1, 0.15) is 6.04 Å². The van der Waals surface area contributed by atoms with Crippen molar-refractivity contribution in [2.24, 2.45) is 0 Å². The molecule has 2 rings (SSSR count). The standard InChI is InChI=1S/C15H21N5O2/c1-4-13(14-17-11(2)19-22-14)18-15(21)20(3)10-8-12-7-5-6-9-16-12/h5-7,9,13H,4,8,10H2,1-3H3,(H,18,21). The zero-order valence-electron chi connectivity index (χ0n) is 13.1. The molecule has 0 saturated carbocycles. The number of nitrogens with zero attached hydrogens (tertiary/aromatic N) is 4. The molecule has 2 amide bonds. The number of aromatic nitrogens is 3. The number of carbonyl (C=O) groups is 1. The minimum absolute atomic E-state index is 0.168. The highest BCUT2D eigenvalue weighted by molar-refractivity contribution is 5.74. The van der Waals surface area contributed by atoms with Crippen molar-refractivity contribution in [1.82, 2.24) is 25.3 Å². The second-order valence-electron chi connectivity index (χ2n) is 5.08. The molecule has 2 heterocycles. The first kappa shape index (κ1) is 15.9. The minimum Gasteiger partial charge on any atom is -0.337 e.